The predicted molar refractivity (Wildman–Crippen MR) is 35.9 cm³/mol. The van der Waals surface area contributed by atoms with Crippen LogP contribution in [0.15, 0.2) is 4.99 Å². The second-order valence-electron chi connectivity index (χ2n) is 2.77. The van der Waals surface area contributed by atoms with Crippen molar-refractivity contribution in [1.82, 2.24) is 0 Å². The van der Waals surface area contributed by atoms with Crippen molar-refractivity contribution in [3.63, 3.8) is 0 Å². The van der Waals surface area contributed by atoms with Gasteiger partial charge in [-0.05, 0) is 20.8 Å². The van der Waals surface area contributed by atoms with Crippen LogP contribution in [0.5, 0.6) is 0 Å². The number of carboxylic acid groups (broad SMARTS) is 1. The van der Waals surface area contributed by atoms with Crippen molar-refractivity contribution < 1.29 is 9.90 Å². The molecule has 0 fully saturated rings. The number of hydrogen-bond acceptors (Lipinski definition) is 2. The first-order valence-corrected chi connectivity index (χ1v) is 2.70. The summed E-state index contributed by atoms with van der Waals surface area (Å²) in [5.41, 5.74) is -0.279. The summed E-state index contributed by atoms with van der Waals surface area (Å²) in [5, 5.41) is 8.13. The minimum Gasteiger partial charge on any atom is -0.477 e. The van der Waals surface area contributed by atoms with Crippen molar-refractivity contribution in [3.05, 3.63) is 0 Å². The maximum atomic E-state index is 9.90. The molecule has 0 aliphatic carbocycles. The maximum Gasteiger partial charge on any atom is 0.346 e. The van der Waals surface area contributed by atoms with Crippen LogP contribution in [0.3, 0.4) is 0 Å². The van der Waals surface area contributed by atoms with E-state index in [0.29, 0.717) is 0 Å². The van der Waals surface area contributed by atoms with Crippen LogP contribution in [-0.4, -0.2) is 22.8 Å². The Kier molecular flexibility index (Phi) is 2.37. The molecule has 0 aromatic heterocycles. The molecule has 0 aliphatic heterocycles. The van der Waals surface area contributed by atoms with E-state index in [2.05, 4.69) is 4.99 Å². The SMILES string of the molecule is CC(C)(C)/N=C/C(=O)O. The van der Waals surface area contributed by atoms with Gasteiger partial charge in [-0.25, -0.2) is 4.79 Å². The number of aliphatic imine (C=N–C) groups is 1. The van der Waals surface area contributed by atoms with Crippen LogP contribution in [0.2, 0.25) is 0 Å². The van der Waals surface area contributed by atoms with Crippen molar-refractivity contribution >= 4 is 12.2 Å². The Balaban J connectivity index is 3.86. The number of carboxylic acids is 1. The van der Waals surface area contributed by atoms with Crippen molar-refractivity contribution in [2.24, 2.45) is 4.99 Å². The first kappa shape index (κ1) is 8.14. The Labute approximate surface area is 54.4 Å². The highest BCUT2D eigenvalue weighted by atomic mass is 16.4. The van der Waals surface area contributed by atoms with E-state index in [1.807, 2.05) is 20.8 Å². The second-order valence-corrected chi connectivity index (χ2v) is 2.77. The Bertz CT molecular complexity index is 132. The number of rotatable bonds is 1. The van der Waals surface area contributed by atoms with Gasteiger partial charge in [-0.1, -0.05) is 0 Å². The molecule has 0 aliphatic rings. The standard InChI is InChI=1S/C6H11NO2/c1-6(2,3)7-4-5(8)9/h4H,1-3H3,(H,8,9)/b7-4+. The van der Waals surface area contributed by atoms with E-state index >= 15 is 0 Å². The number of aliphatic carboxylic acids is 1. The van der Waals surface area contributed by atoms with Gasteiger partial charge in [-0.2, -0.15) is 0 Å². The Hall–Kier alpha value is -0.860. The first-order valence-electron chi connectivity index (χ1n) is 2.70. The highest BCUT2D eigenvalue weighted by molar-refractivity contribution is 6.22. The molecule has 0 aromatic carbocycles. The van der Waals surface area contributed by atoms with Gasteiger partial charge in [-0.15, -0.1) is 0 Å². The van der Waals surface area contributed by atoms with Gasteiger partial charge >= 0.3 is 5.97 Å². The molecule has 0 rings (SSSR count). The highest BCUT2D eigenvalue weighted by Gasteiger charge is 2.05. The maximum absolute atomic E-state index is 9.90. The number of nitrogens with zero attached hydrogens (tertiary/aromatic N) is 1. The minimum absolute atomic E-state index is 0.279. The lowest BCUT2D eigenvalue weighted by Crippen LogP contribution is -2.11. The summed E-state index contributed by atoms with van der Waals surface area (Å²) in [4.78, 5) is 13.6. The average molecular weight is 129 g/mol. The molecule has 9 heavy (non-hydrogen) atoms. The van der Waals surface area contributed by atoms with Gasteiger partial charge in [0.2, 0.25) is 0 Å². The molecular formula is C6H11NO2. The van der Waals surface area contributed by atoms with E-state index in [0.717, 1.165) is 6.21 Å². The van der Waals surface area contributed by atoms with Gasteiger partial charge in [0, 0.05) is 0 Å². The molecule has 0 saturated heterocycles. The summed E-state index contributed by atoms with van der Waals surface area (Å²) >= 11 is 0. The molecule has 0 atom stereocenters. The molecule has 0 amide bonds. The van der Waals surface area contributed by atoms with Crippen LogP contribution >= 0.6 is 0 Å². The van der Waals surface area contributed by atoms with Crippen LogP contribution in [0.25, 0.3) is 0 Å². The van der Waals surface area contributed by atoms with E-state index in [4.69, 9.17) is 5.11 Å². The lowest BCUT2D eigenvalue weighted by Gasteiger charge is -2.09. The zero-order valence-electron chi connectivity index (χ0n) is 5.88. The summed E-state index contributed by atoms with van der Waals surface area (Å²) in [6, 6.07) is 0. The fraction of sp³-hybridized carbons (Fsp3) is 0.667. The van der Waals surface area contributed by atoms with Gasteiger partial charge in [0.25, 0.3) is 0 Å². The van der Waals surface area contributed by atoms with E-state index in [9.17, 15) is 4.79 Å². The topological polar surface area (TPSA) is 49.7 Å². The molecule has 0 spiro atoms. The van der Waals surface area contributed by atoms with E-state index in [1.165, 1.54) is 0 Å². The second kappa shape index (κ2) is 2.62. The molecule has 0 bridgehead atoms. The Morgan fingerprint density at radius 1 is 1.56 bits per heavy atom. The van der Waals surface area contributed by atoms with Crippen LogP contribution < -0.4 is 0 Å². The highest BCUT2D eigenvalue weighted by Crippen LogP contribution is 2.03. The zero-order valence-corrected chi connectivity index (χ0v) is 5.88. The third-order valence-corrected chi connectivity index (χ3v) is 0.562. The van der Waals surface area contributed by atoms with E-state index in [1.54, 1.807) is 0 Å². The lowest BCUT2D eigenvalue weighted by atomic mass is 10.1. The molecular weight excluding hydrogens is 118 g/mol. The van der Waals surface area contributed by atoms with Crippen molar-refractivity contribution in [3.8, 4) is 0 Å². The van der Waals surface area contributed by atoms with Crippen LogP contribution in [0, 0.1) is 0 Å². The van der Waals surface area contributed by atoms with Crippen LogP contribution in [0.4, 0.5) is 0 Å². The molecule has 52 valence electrons. The monoisotopic (exact) mass is 129 g/mol. The molecule has 0 unspecified atom stereocenters. The largest absolute Gasteiger partial charge is 0.477 e. The molecule has 3 nitrogen and oxygen atoms in total. The van der Waals surface area contributed by atoms with Gasteiger partial charge in [0.15, 0.2) is 0 Å². The van der Waals surface area contributed by atoms with Gasteiger partial charge in [0.05, 0.1) is 5.54 Å². The van der Waals surface area contributed by atoms with Gasteiger partial charge < -0.3 is 5.11 Å². The smallest absolute Gasteiger partial charge is 0.346 e. The summed E-state index contributed by atoms with van der Waals surface area (Å²) in [5.74, 6) is -0.995. The fourth-order valence-electron chi connectivity index (χ4n) is 0.249. The third kappa shape index (κ3) is 7.14. The Morgan fingerprint density at radius 2 is 2.00 bits per heavy atom. The molecule has 0 heterocycles. The Morgan fingerprint density at radius 3 is 2.11 bits per heavy atom. The first-order chi connectivity index (χ1) is 3.92. The third-order valence-electron chi connectivity index (χ3n) is 0.562. The van der Waals surface area contributed by atoms with Crippen LogP contribution in [-0.2, 0) is 4.79 Å². The normalized spacial score (nSPS) is 12.3. The number of hydrogen-bond donors (Lipinski definition) is 1. The predicted octanol–water partition coefficient (Wildman–Crippen LogP) is 0.940. The molecule has 1 N–H and O–H groups in total. The zero-order chi connectivity index (χ0) is 7.49. The quantitative estimate of drug-likeness (QED) is 0.535. The van der Waals surface area contributed by atoms with Gasteiger partial charge in [-0.3, -0.25) is 4.99 Å². The number of carbonyl (C=O) groups is 1. The average Bonchev–Trinajstić information content (AvgIpc) is 1.59. The van der Waals surface area contributed by atoms with Crippen molar-refractivity contribution in [2.75, 3.05) is 0 Å². The fourth-order valence-corrected chi connectivity index (χ4v) is 0.249. The summed E-state index contributed by atoms with van der Waals surface area (Å²) in [6.07, 6.45) is 0.917. The molecule has 0 saturated carbocycles. The van der Waals surface area contributed by atoms with E-state index < -0.39 is 5.97 Å². The van der Waals surface area contributed by atoms with E-state index in [-0.39, 0.29) is 5.54 Å². The minimum atomic E-state index is -0.995. The van der Waals surface area contributed by atoms with Gasteiger partial charge in [0.1, 0.15) is 6.21 Å². The summed E-state index contributed by atoms with van der Waals surface area (Å²) < 4.78 is 0. The lowest BCUT2D eigenvalue weighted by molar-refractivity contribution is -0.128. The summed E-state index contributed by atoms with van der Waals surface area (Å²) in [6.45, 7) is 5.52. The molecule has 0 aromatic rings. The van der Waals surface area contributed by atoms with Crippen molar-refractivity contribution in [2.45, 2.75) is 26.3 Å². The molecule has 0 radical (unpaired) electrons. The van der Waals surface area contributed by atoms with Crippen LogP contribution in [0.1, 0.15) is 20.8 Å². The van der Waals surface area contributed by atoms with Crippen molar-refractivity contribution in [1.29, 1.82) is 0 Å². The molecule has 3 heteroatoms. The summed E-state index contributed by atoms with van der Waals surface area (Å²) in [7, 11) is 0.